The summed E-state index contributed by atoms with van der Waals surface area (Å²) in [6.45, 7) is 1.54. The monoisotopic (exact) mass is 211 g/mol. The fourth-order valence-electron chi connectivity index (χ4n) is 0.721. The second-order valence-electron chi connectivity index (χ2n) is 2.30. The predicted octanol–water partition coefficient (Wildman–Crippen LogP) is 2.94. The first-order chi connectivity index (χ1) is 5.88. The number of halogens is 4. The molecule has 0 fully saturated rings. The number of nitrogens with zero attached hydrogens (tertiary/aromatic N) is 1. The van der Waals surface area contributed by atoms with Gasteiger partial charge in [-0.15, -0.1) is 13.2 Å². The Hall–Kier alpha value is -0.970. The van der Waals surface area contributed by atoms with Gasteiger partial charge in [0, 0.05) is 18.0 Å². The molecule has 1 rings (SSSR count). The van der Waals surface area contributed by atoms with Gasteiger partial charge in [-0.3, -0.25) is 4.98 Å². The summed E-state index contributed by atoms with van der Waals surface area (Å²) in [7, 11) is 0. The Balaban J connectivity index is 2.94. The van der Waals surface area contributed by atoms with Gasteiger partial charge in [-0.25, -0.2) is 0 Å². The van der Waals surface area contributed by atoms with Crippen LogP contribution in [0.1, 0.15) is 5.69 Å². The van der Waals surface area contributed by atoms with Crippen molar-refractivity contribution in [1.82, 2.24) is 4.98 Å². The van der Waals surface area contributed by atoms with E-state index in [1.165, 1.54) is 0 Å². The van der Waals surface area contributed by atoms with Crippen LogP contribution in [0.3, 0.4) is 0 Å². The summed E-state index contributed by atoms with van der Waals surface area (Å²) in [6.07, 6.45) is -3.62. The normalized spacial score (nSPS) is 11.5. The highest BCUT2D eigenvalue weighted by atomic mass is 35.5. The molecule has 1 aromatic heterocycles. The first-order valence-electron chi connectivity index (χ1n) is 3.26. The fraction of sp³-hybridized carbons (Fsp3) is 0.286. The Kier molecular flexibility index (Phi) is 2.66. The van der Waals surface area contributed by atoms with Crippen LogP contribution in [0.5, 0.6) is 5.75 Å². The number of ether oxygens (including phenoxy) is 1. The number of pyridine rings is 1. The topological polar surface area (TPSA) is 22.1 Å². The third kappa shape index (κ3) is 3.10. The molecule has 0 N–H and O–H groups in total. The van der Waals surface area contributed by atoms with Gasteiger partial charge in [0.25, 0.3) is 0 Å². The van der Waals surface area contributed by atoms with Crippen LogP contribution in [0.15, 0.2) is 12.3 Å². The molecule has 1 aromatic rings. The van der Waals surface area contributed by atoms with E-state index in [0.717, 1.165) is 12.3 Å². The molecule has 0 unspecified atom stereocenters. The van der Waals surface area contributed by atoms with Gasteiger partial charge in [-0.1, -0.05) is 11.6 Å². The van der Waals surface area contributed by atoms with E-state index < -0.39 is 12.1 Å². The van der Waals surface area contributed by atoms with Crippen molar-refractivity contribution in [2.75, 3.05) is 0 Å². The molecule has 0 aliphatic rings. The summed E-state index contributed by atoms with van der Waals surface area (Å²) < 4.78 is 38.9. The van der Waals surface area contributed by atoms with Crippen molar-refractivity contribution >= 4 is 11.6 Å². The zero-order valence-corrected chi connectivity index (χ0v) is 7.28. The summed E-state index contributed by atoms with van der Waals surface area (Å²) in [5.41, 5.74) is 0.406. The van der Waals surface area contributed by atoms with Crippen molar-refractivity contribution in [3.8, 4) is 5.75 Å². The van der Waals surface area contributed by atoms with Crippen molar-refractivity contribution in [2.24, 2.45) is 0 Å². The van der Waals surface area contributed by atoms with Gasteiger partial charge in [0.1, 0.15) is 5.02 Å². The van der Waals surface area contributed by atoms with Crippen molar-refractivity contribution in [3.05, 3.63) is 23.0 Å². The molecule has 1 heterocycles. The van der Waals surface area contributed by atoms with Gasteiger partial charge < -0.3 is 4.74 Å². The third-order valence-corrected chi connectivity index (χ3v) is 1.47. The van der Waals surface area contributed by atoms with Gasteiger partial charge in [0.15, 0.2) is 5.75 Å². The van der Waals surface area contributed by atoms with Crippen LogP contribution in [0, 0.1) is 6.92 Å². The van der Waals surface area contributed by atoms with E-state index in [0.29, 0.717) is 5.69 Å². The van der Waals surface area contributed by atoms with Crippen molar-refractivity contribution in [2.45, 2.75) is 13.3 Å². The van der Waals surface area contributed by atoms with Crippen LogP contribution in [0.25, 0.3) is 0 Å². The maximum Gasteiger partial charge on any atom is 0.573 e. The molecule has 2 nitrogen and oxygen atoms in total. The van der Waals surface area contributed by atoms with Gasteiger partial charge in [0.05, 0.1) is 0 Å². The molecule has 0 bridgehead atoms. The summed E-state index contributed by atoms with van der Waals surface area (Å²) in [6, 6.07) is 1.12. The Morgan fingerprint density at radius 1 is 1.46 bits per heavy atom. The van der Waals surface area contributed by atoms with Crippen molar-refractivity contribution in [1.29, 1.82) is 0 Å². The molecule has 13 heavy (non-hydrogen) atoms. The molecule has 0 spiro atoms. The largest absolute Gasteiger partial charge is 0.573 e. The number of rotatable bonds is 1. The quantitative estimate of drug-likeness (QED) is 0.713. The molecule has 0 saturated carbocycles. The van der Waals surface area contributed by atoms with Crippen LogP contribution in [0.2, 0.25) is 5.02 Å². The highest BCUT2D eigenvalue weighted by Gasteiger charge is 2.32. The minimum absolute atomic E-state index is 0.164. The molecule has 0 aliphatic heterocycles. The Morgan fingerprint density at radius 2 is 2.08 bits per heavy atom. The molecule has 0 atom stereocenters. The standard InChI is InChI=1S/C7H5ClF3NO/c1-4-2-6(5(8)3-12-4)13-7(9,10)11/h2-3H,1H3. The first kappa shape index (κ1) is 10.1. The molecule has 6 heteroatoms. The van der Waals surface area contributed by atoms with Crippen LogP contribution in [-0.4, -0.2) is 11.3 Å². The predicted molar refractivity (Wildman–Crippen MR) is 40.7 cm³/mol. The maximum absolute atomic E-state index is 11.8. The smallest absolute Gasteiger partial charge is 0.404 e. The summed E-state index contributed by atoms with van der Waals surface area (Å²) in [5.74, 6) is -0.429. The van der Waals surface area contributed by atoms with Gasteiger partial charge in [-0.2, -0.15) is 0 Å². The van der Waals surface area contributed by atoms with Crippen LogP contribution >= 0.6 is 11.6 Å². The summed E-state index contributed by atoms with van der Waals surface area (Å²) >= 11 is 5.41. The number of aromatic nitrogens is 1. The number of aryl methyl sites for hydroxylation is 1. The molecule has 72 valence electrons. The average Bonchev–Trinajstić information content (AvgIpc) is 1.94. The first-order valence-corrected chi connectivity index (χ1v) is 3.64. The second kappa shape index (κ2) is 3.41. The molecule has 0 amide bonds. The van der Waals surface area contributed by atoms with E-state index in [9.17, 15) is 13.2 Å². The maximum atomic E-state index is 11.8. The minimum Gasteiger partial charge on any atom is -0.404 e. The fourth-order valence-corrected chi connectivity index (χ4v) is 0.863. The van der Waals surface area contributed by atoms with Crippen LogP contribution < -0.4 is 4.74 Å². The molecular formula is C7H5ClF3NO. The zero-order valence-electron chi connectivity index (χ0n) is 6.52. The Bertz CT molecular complexity index is 313. The zero-order chi connectivity index (χ0) is 10.1. The van der Waals surface area contributed by atoms with E-state index in [4.69, 9.17) is 11.6 Å². The van der Waals surface area contributed by atoms with E-state index >= 15 is 0 Å². The highest BCUT2D eigenvalue weighted by Crippen LogP contribution is 2.29. The van der Waals surface area contributed by atoms with Gasteiger partial charge in [-0.05, 0) is 6.92 Å². The highest BCUT2D eigenvalue weighted by molar-refractivity contribution is 6.31. The molecule has 0 saturated heterocycles. The van der Waals surface area contributed by atoms with E-state index in [1.807, 2.05) is 0 Å². The van der Waals surface area contributed by atoms with E-state index in [2.05, 4.69) is 9.72 Å². The number of hydrogen-bond acceptors (Lipinski definition) is 2. The van der Waals surface area contributed by atoms with Gasteiger partial charge in [0.2, 0.25) is 0 Å². The molecule has 0 radical (unpaired) electrons. The van der Waals surface area contributed by atoms with Crippen LogP contribution in [-0.2, 0) is 0 Å². The number of hydrogen-bond donors (Lipinski definition) is 0. The second-order valence-corrected chi connectivity index (χ2v) is 2.71. The SMILES string of the molecule is Cc1cc(OC(F)(F)F)c(Cl)cn1. The summed E-state index contributed by atoms with van der Waals surface area (Å²) in [4.78, 5) is 3.69. The van der Waals surface area contributed by atoms with Crippen molar-refractivity contribution in [3.63, 3.8) is 0 Å². The minimum atomic E-state index is -4.72. The molecule has 0 aromatic carbocycles. The third-order valence-electron chi connectivity index (χ3n) is 1.18. The Labute approximate surface area is 77.3 Å². The molecule has 0 aliphatic carbocycles. The lowest BCUT2D eigenvalue weighted by Crippen LogP contribution is -2.17. The summed E-state index contributed by atoms with van der Waals surface area (Å²) in [5, 5.41) is -0.164. The Morgan fingerprint density at radius 3 is 2.62 bits per heavy atom. The lowest BCUT2D eigenvalue weighted by Gasteiger charge is -2.09. The van der Waals surface area contributed by atoms with Gasteiger partial charge >= 0.3 is 6.36 Å². The van der Waals surface area contributed by atoms with E-state index in [1.54, 1.807) is 6.92 Å². The molecular weight excluding hydrogens is 207 g/mol. The number of alkyl halides is 3. The van der Waals surface area contributed by atoms with Crippen LogP contribution in [0.4, 0.5) is 13.2 Å². The lowest BCUT2D eigenvalue weighted by molar-refractivity contribution is -0.274. The van der Waals surface area contributed by atoms with E-state index in [-0.39, 0.29) is 5.02 Å². The average molecular weight is 212 g/mol. The van der Waals surface area contributed by atoms with Crippen molar-refractivity contribution < 1.29 is 17.9 Å². The lowest BCUT2D eigenvalue weighted by atomic mass is 10.3.